The van der Waals surface area contributed by atoms with Gasteiger partial charge in [-0.3, -0.25) is 0 Å². The number of hydrogen-bond donors (Lipinski definition) is 1. The van der Waals surface area contributed by atoms with Crippen LogP contribution in [0, 0.1) is 18.6 Å². The van der Waals surface area contributed by atoms with E-state index in [-0.39, 0.29) is 18.1 Å². The molecule has 0 amide bonds. The first-order valence-corrected chi connectivity index (χ1v) is 8.32. The molecule has 4 nitrogen and oxygen atoms in total. The Labute approximate surface area is 150 Å². The lowest BCUT2D eigenvalue weighted by molar-refractivity contribution is 0.287. The van der Waals surface area contributed by atoms with Gasteiger partial charge >= 0.3 is 0 Å². The van der Waals surface area contributed by atoms with Crippen molar-refractivity contribution < 1.29 is 13.5 Å². The number of benzene rings is 2. The summed E-state index contributed by atoms with van der Waals surface area (Å²) in [6, 6.07) is 12.9. The third-order valence-corrected chi connectivity index (χ3v) is 3.81. The van der Waals surface area contributed by atoms with E-state index >= 15 is 0 Å². The van der Waals surface area contributed by atoms with Crippen molar-refractivity contribution in [3.05, 3.63) is 77.0 Å². The molecule has 0 bridgehead atoms. The topological polar surface area (TPSA) is 47.0 Å². The molecule has 26 heavy (non-hydrogen) atoms. The standard InChI is InChI=1S/C20H19F2N3O/c1-3-14-5-4-6-17(10-14)24-20-23-13(2)9-19(25-20)26-12-15-11-16(21)7-8-18(15)22/h4-11H,3,12H2,1-2H3,(H,23,24,25). The zero-order chi connectivity index (χ0) is 18.5. The Morgan fingerprint density at radius 1 is 1.04 bits per heavy atom. The third-order valence-electron chi connectivity index (χ3n) is 3.81. The first-order valence-electron chi connectivity index (χ1n) is 8.32. The fraction of sp³-hybridized carbons (Fsp3) is 0.200. The van der Waals surface area contributed by atoms with Crippen LogP contribution in [-0.4, -0.2) is 9.97 Å². The second-order valence-corrected chi connectivity index (χ2v) is 5.87. The molecule has 0 aliphatic rings. The number of ether oxygens (including phenoxy) is 1. The number of nitrogens with one attached hydrogen (secondary N) is 1. The highest BCUT2D eigenvalue weighted by molar-refractivity contribution is 5.54. The van der Waals surface area contributed by atoms with Crippen LogP contribution in [0.15, 0.2) is 48.5 Å². The normalized spacial score (nSPS) is 10.6. The third kappa shape index (κ3) is 4.53. The summed E-state index contributed by atoms with van der Waals surface area (Å²) >= 11 is 0. The highest BCUT2D eigenvalue weighted by Crippen LogP contribution is 2.20. The van der Waals surface area contributed by atoms with Gasteiger partial charge in [0, 0.05) is 23.0 Å². The average Bonchev–Trinajstić information content (AvgIpc) is 2.62. The van der Waals surface area contributed by atoms with Gasteiger partial charge in [-0.25, -0.2) is 13.8 Å². The van der Waals surface area contributed by atoms with Crippen LogP contribution in [0.4, 0.5) is 20.4 Å². The van der Waals surface area contributed by atoms with Crippen molar-refractivity contribution in [2.45, 2.75) is 26.9 Å². The largest absolute Gasteiger partial charge is 0.473 e. The Kier molecular flexibility index (Phi) is 5.41. The van der Waals surface area contributed by atoms with Crippen molar-refractivity contribution in [3.8, 4) is 5.88 Å². The maximum absolute atomic E-state index is 13.7. The lowest BCUT2D eigenvalue weighted by atomic mass is 10.1. The van der Waals surface area contributed by atoms with Gasteiger partial charge in [-0.1, -0.05) is 19.1 Å². The van der Waals surface area contributed by atoms with Gasteiger partial charge in [-0.05, 0) is 49.2 Å². The van der Waals surface area contributed by atoms with E-state index in [0.717, 1.165) is 30.3 Å². The van der Waals surface area contributed by atoms with Crippen LogP contribution >= 0.6 is 0 Å². The van der Waals surface area contributed by atoms with E-state index in [4.69, 9.17) is 4.74 Å². The monoisotopic (exact) mass is 355 g/mol. The molecule has 1 heterocycles. The van der Waals surface area contributed by atoms with E-state index in [1.54, 1.807) is 6.07 Å². The molecule has 0 radical (unpaired) electrons. The van der Waals surface area contributed by atoms with Gasteiger partial charge < -0.3 is 10.1 Å². The highest BCUT2D eigenvalue weighted by Gasteiger charge is 2.08. The molecule has 0 spiro atoms. The van der Waals surface area contributed by atoms with Crippen molar-refractivity contribution in [2.75, 3.05) is 5.32 Å². The van der Waals surface area contributed by atoms with Crippen LogP contribution in [0.25, 0.3) is 0 Å². The SMILES string of the molecule is CCc1cccc(Nc2nc(C)cc(OCc3cc(F)ccc3F)n2)c1. The van der Waals surface area contributed by atoms with Gasteiger partial charge in [0.05, 0.1) is 0 Å². The molecule has 0 fully saturated rings. The zero-order valence-corrected chi connectivity index (χ0v) is 14.6. The van der Waals surface area contributed by atoms with E-state index in [2.05, 4.69) is 22.2 Å². The summed E-state index contributed by atoms with van der Waals surface area (Å²) in [7, 11) is 0. The number of rotatable bonds is 6. The summed E-state index contributed by atoms with van der Waals surface area (Å²) < 4.78 is 32.5. The van der Waals surface area contributed by atoms with Gasteiger partial charge in [-0.2, -0.15) is 4.98 Å². The Morgan fingerprint density at radius 3 is 2.69 bits per heavy atom. The summed E-state index contributed by atoms with van der Waals surface area (Å²) in [5, 5.41) is 3.14. The summed E-state index contributed by atoms with van der Waals surface area (Å²) in [5.74, 6) is -0.364. The number of aromatic nitrogens is 2. The molecule has 2 aromatic carbocycles. The maximum Gasteiger partial charge on any atom is 0.230 e. The van der Waals surface area contributed by atoms with E-state index in [0.29, 0.717) is 11.6 Å². The van der Waals surface area contributed by atoms with Crippen LogP contribution in [0.5, 0.6) is 5.88 Å². The Bertz CT molecular complexity index is 915. The summed E-state index contributed by atoms with van der Waals surface area (Å²) in [4.78, 5) is 8.63. The van der Waals surface area contributed by atoms with Gasteiger partial charge in [0.2, 0.25) is 11.8 Å². The minimum atomic E-state index is -0.521. The second-order valence-electron chi connectivity index (χ2n) is 5.87. The number of aryl methyl sites for hydroxylation is 2. The fourth-order valence-electron chi connectivity index (χ4n) is 2.47. The van der Waals surface area contributed by atoms with Crippen LogP contribution in [0.1, 0.15) is 23.7 Å². The number of nitrogens with zero attached hydrogens (tertiary/aromatic N) is 2. The van der Waals surface area contributed by atoms with Crippen LogP contribution < -0.4 is 10.1 Å². The van der Waals surface area contributed by atoms with E-state index in [9.17, 15) is 8.78 Å². The number of halogens is 2. The number of anilines is 2. The Morgan fingerprint density at radius 2 is 1.88 bits per heavy atom. The number of hydrogen-bond acceptors (Lipinski definition) is 4. The minimum absolute atomic E-state index is 0.120. The van der Waals surface area contributed by atoms with Gasteiger partial charge in [0.25, 0.3) is 0 Å². The molecular weight excluding hydrogens is 336 g/mol. The molecule has 0 aliphatic carbocycles. The molecule has 0 atom stereocenters. The molecule has 0 saturated carbocycles. The van der Waals surface area contributed by atoms with Crippen LogP contribution in [0.2, 0.25) is 0 Å². The first-order chi connectivity index (χ1) is 12.5. The predicted octanol–water partition coefficient (Wildman–Crippen LogP) is 4.95. The van der Waals surface area contributed by atoms with Crippen molar-refractivity contribution in [1.82, 2.24) is 9.97 Å². The van der Waals surface area contributed by atoms with Gasteiger partial charge in [-0.15, -0.1) is 0 Å². The highest BCUT2D eigenvalue weighted by atomic mass is 19.1. The van der Waals surface area contributed by atoms with Crippen molar-refractivity contribution in [3.63, 3.8) is 0 Å². The molecule has 1 N–H and O–H groups in total. The Hall–Kier alpha value is -3.02. The van der Waals surface area contributed by atoms with Gasteiger partial charge in [0.1, 0.15) is 18.2 Å². The molecule has 3 rings (SSSR count). The molecular formula is C20H19F2N3O. The molecule has 134 valence electrons. The summed E-state index contributed by atoms with van der Waals surface area (Å²) in [6.45, 7) is 3.77. The molecule has 1 aromatic heterocycles. The molecule has 6 heteroatoms. The lowest BCUT2D eigenvalue weighted by Crippen LogP contribution is -2.04. The fourth-order valence-corrected chi connectivity index (χ4v) is 2.47. The van der Waals surface area contributed by atoms with E-state index in [1.807, 2.05) is 31.2 Å². The van der Waals surface area contributed by atoms with Crippen LogP contribution in [0.3, 0.4) is 0 Å². The van der Waals surface area contributed by atoms with E-state index < -0.39 is 11.6 Å². The summed E-state index contributed by atoms with van der Waals surface area (Å²) in [6.07, 6.45) is 0.928. The molecule has 0 aliphatic heterocycles. The van der Waals surface area contributed by atoms with Crippen molar-refractivity contribution in [2.24, 2.45) is 0 Å². The maximum atomic E-state index is 13.7. The van der Waals surface area contributed by atoms with E-state index in [1.165, 1.54) is 5.56 Å². The predicted molar refractivity (Wildman–Crippen MR) is 96.6 cm³/mol. The smallest absolute Gasteiger partial charge is 0.230 e. The summed E-state index contributed by atoms with van der Waals surface area (Å²) in [5.41, 5.74) is 2.90. The first kappa shape index (κ1) is 17.8. The molecule has 0 unspecified atom stereocenters. The van der Waals surface area contributed by atoms with Crippen LogP contribution in [-0.2, 0) is 13.0 Å². The second kappa shape index (κ2) is 7.91. The van der Waals surface area contributed by atoms with Crippen molar-refractivity contribution >= 4 is 11.6 Å². The quantitative estimate of drug-likeness (QED) is 0.680. The minimum Gasteiger partial charge on any atom is -0.473 e. The van der Waals surface area contributed by atoms with Crippen molar-refractivity contribution in [1.29, 1.82) is 0 Å². The lowest BCUT2D eigenvalue weighted by Gasteiger charge is -2.10. The molecule has 0 saturated heterocycles. The van der Waals surface area contributed by atoms with Gasteiger partial charge in [0.15, 0.2) is 0 Å². The molecule has 3 aromatic rings. The zero-order valence-electron chi connectivity index (χ0n) is 14.6. The Balaban J connectivity index is 1.75. The average molecular weight is 355 g/mol.